The SMILES string of the molecule is O=C(O)C1COCCN1C(=O)C1CC12CCc1ccccc12. The van der Waals surface area contributed by atoms with Gasteiger partial charge in [0.1, 0.15) is 0 Å². The van der Waals surface area contributed by atoms with E-state index in [9.17, 15) is 14.7 Å². The van der Waals surface area contributed by atoms with Crippen molar-refractivity contribution >= 4 is 11.9 Å². The number of carbonyl (C=O) groups is 2. The summed E-state index contributed by atoms with van der Waals surface area (Å²) in [7, 11) is 0. The maximum atomic E-state index is 12.9. The van der Waals surface area contributed by atoms with E-state index in [2.05, 4.69) is 12.1 Å². The van der Waals surface area contributed by atoms with Crippen LogP contribution in [0.5, 0.6) is 0 Å². The molecule has 3 aliphatic rings. The topological polar surface area (TPSA) is 66.8 Å². The summed E-state index contributed by atoms with van der Waals surface area (Å²) in [5, 5.41) is 9.30. The first-order valence-electron chi connectivity index (χ1n) is 7.83. The van der Waals surface area contributed by atoms with E-state index in [0.29, 0.717) is 13.2 Å². The zero-order valence-electron chi connectivity index (χ0n) is 12.3. The van der Waals surface area contributed by atoms with Crippen LogP contribution in [0.25, 0.3) is 0 Å². The molecule has 5 nitrogen and oxygen atoms in total. The van der Waals surface area contributed by atoms with Crippen LogP contribution in [0.3, 0.4) is 0 Å². The highest BCUT2D eigenvalue weighted by Crippen LogP contribution is 2.62. The van der Waals surface area contributed by atoms with Crippen LogP contribution in [0, 0.1) is 5.92 Å². The van der Waals surface area contributed by atoms with Crippen molar-refractivity contribution in [1.29, 1.82) is 0 Å². The number of hydrogen-bond acceptors (Lipinski definition) is 3. The lowest BCUT2D eigenvalue weighted by Gasteiger charge is -2.33. The first-order chi connectivity index (χ1) is 10.6. The number of fused-ring (bicyclic) bond motifs is 2. The first kappa shape index (κ1) is 13.8. The van der Waals surface area contributed by atoms with Crippen LogP contribution in [-0.2, 0) is 26.2 Å². The van der Waals surface area contributed by atoms with Gasteiger partial charge in [-0.25, -0.2) is 4.79 Å². The molecule has 1 saturated heterocycles. The molecule has 0 aromatic heterocycles. The van der Waals surface area contributed by atoms with Crippen LogP contribution in [0.15, 0.2) is 24.3 Å². The normalized spacial score (nSPS) is 32.8. The van der Waals surface area contributed by atoms with Gasteiger partial charge in [-0.2, -0.15) is 0 Å². The third-order valence-corrected chi connectivity index (χ3v) is 5.46. The van der Waals surface area contributed by atoms with Crippen LogP contribution < -0.4 is 0 Å². The molecule has 22 heavy (non-hydrogen) atoms. The number of carboxylic acid groups (broad SMARTS) is 1. The molecule has 1 heterocycles. The second-order valence-corrected chi connectivity index (χ2v) is 6.53. The lowest BCUT2D eigenvalue weighted by Crippen LogP contribution is -2.53. The molecule has 1 N–H and O–H groups in total. The molecule has 5 heteroatoms. The van der Waals surface area contributed by atoms with Crippen molar-refractivity contribution in [3.8, 4) is 0 Å². The largest absolute Gasteiger partial charge is 0.480 e. The Labute approximate surface area is 128 Å². The van der Waals surface area contributed by atoms with Crippen molar-refractivity contribution in [2.24, 2.45) is 5.92 Å². The number of morpholine rings is 1. The first-order valence-corrected chi connectivity index (χ1v) is 7.83. The lowest BCUT2D eigenvalue weighted by molar-refractivity contribution is -0.159. The summed E-state index contributed by atoms with van der Waals surface area (Å²) in [5.41, 5.74) is 2.61. The third-order valence-electron chi connectivity index (χ3n) is 5.46. The third kappa shape index (κ3) is 1.88. The number of ether oxygens (including phenoxy) is 1. The van der Waals surface area contributed by atoms with Gasteiger partial charge in [0.25, 0.3) is 0 Å². The van der Waals surface area contributed by atoms with Crippen molar-refractivity contribution in [2.45, 2.75) is 30.7 Å². The van der Waals surface area contributed by atoms with Crippen molar-refractivity contribution < 1.29 is 19.4 Å². The van der Waals surface area contributed by atoms with Gasteiger partial charge >= 0.3 is 5.97 Å². The Balaban J connectivity index is 1.57. The number of rotatable bonds is 2. The van der Waals surface area contributed by atoms with Crippen LogP contribution in [0.1, 0.15) is 24.0 Å². The Hall–Kier alpha value is -1.88. The maximum Gasteiger partial charge on any atom is 0.328 e. The van der Waals surface area contributed by atoms with E-state index in [4.69, 9.17) is 4.74 Å². The van der Waals surface area contributed by atoms with Crippen molar-refractivity contribution in [3.05, 3.63) is 35.4 Å². The number of aliphatic carboxylic acids is 1. The molecule has 116 valence electrons. The molecule has 1 aromatic rings. The molecule has 1 aromatic carbocycles. The summed E-state index contributed by atoms with van der Waals surface area (Å²) >= 11 is 0. The summed E-state index contributed by atoms with van der Waals surface area (Å²) < 4.78 is 5.22. The minimum Gasteiger partial charge on any atom is -0.480 e. The maximum absolute atomic E-state index is 12.9. The smallest absolute Gasteiger partial charge is 0.328 e. The van der Waals surface area contributed by atoms with Gasteiger partial charge in [-0.05, 0) is 30.4 Å². The number of carboxylic acids is 1. The zero-order chi connectivity index (χ0) is 15.3. The second-order valence-electron chi connectivity index (χ2n) is 6.53. The van der Waals surface area contributed by atoms with Gasteiger partial charge in [-0.1, -0.05) is 24.3 Å². The lowest BCUT2D eigenvalue weighted by atomic mass is 9.94. The number of aryl methyl sites for hydroxylation is 1. The molecular formula is C17H19NO4. The van der Waals surface area contributed by atoms with E-state index >= 15 is 0 Å². The number of carbonyl (C=O) groups excluding carboxylic acids is 1. The fourth-order valence-electron chi connectivity index (χ4n) is 4.19. The Morgan fingerprint density at radius 1 is 1.32 bits per heavy atom. The van der Waals surface area contributed by atoms with Crippen molar-refractivity contribution in [3.63, 3.8) is 0 Å². The molecule has 3 atom stereocenters. The van der Waals surface area contributed by atoms with Crippen molar-refractivity contribution in [2.75, 3.05) is 19.8 Å². The molecule has 1 spiro atoms. The number of nitrogens with zero attached hydrogens (tertiary/aromatic N) is 1. The number of hydrogen-bond donors (Lipinski definition) is 1. The zero-order valence-corrected chi connectivity index (χ0v) is 12.3. The number of amides is 1. The molecule has 0 radical (unpaired) electrons. The predicted octanol–water partition coefficient (Wildman–Crippen LogP) is 1.20. The van der Waals surface area contributed by atoms with Gasteiger partial charge in [0, 0.05) is 17.9 Å². The molecule has 3 unspecified atom stereocenters. The molecule has 0 bridgehead atoms. The summed E-state index contributed by atoms with van der Waals surface area (Å²) in [6, 6.07) is 7.50. The highest BCUT2D eigenvalue weighted by molar-refractivity contribution is 5.89. The monoisotopic (exact) mass is 301 g/mol. The van der Waals surface area contributed by atoms with Gasteiger partial charge in [-0.15, -0.1) is 0 Å². The molecule has 2 fully saturated rings. The summed E-state index contributed by atoms with van der Waals surface area (Å²) in [4.78, 5) is 25.7. The van der Waals surface area contributed by atoms with E-state index in [-0.39, 0.29) is 23.8 Å². The Bertz CT molecular complexity index is 643. The average molecular weight is 301 g/mol. The minimum absolute atomic E-state index is 0.00703. The molecule has 4 rings (SSSR count). The van der Waals surface area contributed by atoms with Crippen LogP contribution in [0.2, 0.25) is 0 Å². The molecule has 1 aliphatic heterocycles. The highest BCUT2D eigenvalue weighted by atomic mass is 16.5. The Morgan fingerprint density at radius 3 is 2.95 bits per heavy atom. The van der Waals surface area contributed by atoms with Gasteiger partial charge < -0.3 is 14.7 Å². The molecular weight excluding hydrogens is 282 g/mol. The summed E-state index contributed by atoms with van der Waals surface area (Å²) in [6.45, 7) is 0.896. The van der Waals surface area contributed by atoms with E-state index in [1.165, 1.54) is 16.0 Å². The fourth-order valence-corrected chi connectivity index (χ4v) is 4.19. The van der Waals surface area contributed by atoms with Crippen LogP contribution >= 0.6 is 0 Å². The quantitative estimate of drug-likeness (QED) is 0.891. The van der Waals surface area contributed by atoms with Gasteiger partial charge in [0.05, 0.1) is 13.2 Å². The van der Waals surface area contributed by atoms with Crippen molar-refractivity contribution in [1.82, 2.24) is 4.90 Å². The van der Waals surface area contributed by atoms with Crippen LogP contribution in [0.4, 0.5) is 0 Å². The standard InChI is InChI=1S/C17H19NO4/c19-15(18-7-8-22-10-14(18)16(20)21)13-9-17(13)6-5-11-3-1-2-4-12(11)17/h1-4,13-14H,5-10H2,(H,20,21). The average Bonchev–Trinajstić information content (AvgIpc) is 3.16. The van der Waals surface area contributed by atoms with Crippen LogP contribution in [-0.4, -0.2) is 47.7 Å². The fraction of sp³-hybridized carbons (Fsp3) is 0.529. The van der Waals surface area contributed by atoms with Gasteiger partial charge in [0.15, 0.2) is 6.04 Å². The second kappa shape index (κ2) is 4.81. The number of benzene rings is 1. The van der Waals surface area contributed by atoms with Gasteiger partial charge in [0.2, 0.25) is 5.91 Å². The van der Waals surface area contributed by atoms with E-state index < -0.39 is 12.0 Å². The van der Waals surface area contributed by atoms with E-state index in [0.717, 1.165) is 19.3 Å². The predicted molar refractivity (Wildman–Crippen MR) is 78.5 cm³/mol. The summed E-state index contributed by atoms with van der Waals surface area (Å²) in [6.07, 6.45) is 2.88. The Morgan fingerprint density at radius 2 is 2.14 bits per heavy atom. The highest BCUT2D eigenvalue weighted by Gasteiger charge is 2.62. The minimum atomic E-state index is -0.977. The van der Waals surface area contributed by atoms with E-state index in [1.54, 1.807) is 0 Å². The van der Waals surface area contributed by atoms with E-state index in [1.807, 2.05) is 12.1 Å². The molecule has 1 amide bonds. The molecule has 2 aliphatic carbocycles. The summed E-state index contributed by atoms with van der Waals surface area (Å²) in [5.74, 6) is -1.04. The van der Waals surface area contributed by atoms with Gasteiger partial charge in [-0.3, -0.25) is 4.79 Å². The Kier molecular flexibility index (Phi) is 3.01. The molecule has 1 saturated carbocycles.